The first kappa shape index (κ1) is 28.7. The van der Waals surface area contributed by atoms with Gasteiger partial charge in [-0.25, -0.2) is 0 Å². The summed E-state index contributed by atoms with van der Waals surface area (Å²) in [6, 6.07) is 1.66. The Balaban J connectivity index is 0.00000103. The van der Waals surface area contributed by atoms with Crippen molar-refractivity contribution in [2.45, 2.75) is 173 Å². The molecule has 0 radical (unpaired) electrons. The third-order valence-corrected chi connectivity index (χ3v) is 16.8. The highest BCUT2D eigenvalue weighted by molar-refractivity contribution is 6.81. The quantitative estimate of drug-likeness (QED) is 0.230. The summed E-state index contributed by atoms with van der Waals surface area (Å²) in [5, 5.41) is 0. The zero-order valence-electron chi connectivity index (χ0n) is 24.3. The van der Waals surface area contributed by atoms with Crippen LogP contribution in [0.5, 0.6) is 0 Å². The van der Waals surface area contributed by atoms with Gasteiger partial charge >= 0.3 is 0 Å². The van der Waals surface area contributed by atoms with E-state index in [0.29, 0.717) is 0 Å². The Labute approximate surface area is 216 Å². The highest BCUT2D eigenvalue weighted by Crippen LogP contribution is 2.62. The Morgan fingerprint density at radius 3 is 1.62 bits per heavy atom. The molecule has 6 unspecified atom stereocenters. The van der Waals surface area contributed by atoms with Gasteiger partial charge < -0.3 is 4.74 Å². The Morgan fingerprint density at radius 1 is 0.647 bits per heavy atom. The molecular formula is C32H62OSi. The molecule has 0 saturated heterocycles. The minimum Gasteiger partial charge on any atom is -0.376 e. The van der Waals surface area contributed by atoms with Gasteiger partial charge in [0.15, 0.2) is 0 Å². The third kappa shape index (κ3) is 7.59. The van der Waals surface area contributed by atoms with Crippen LogP contribution in [0, 0.1) is 23.7 Å². The van der Waals surface area contributed by atoms with Gasteiger partial charge in [-0.15, -0.1) is 0 Å². The second-order valence-electron chi connectivity index (χ2n) is 14.1. The molecular weight excluding hydrogens is 428 g/mol. The monoisotopic (exact) mass is 490 g/mol. The first-order valence-electron chi connectivity index (χ1n) is 15.9. The molecule has 200 valence electrons. The largest absolute Gasteiger partial charge is 0.376 e. The number of ether oxygens (including phenoxy) is 1. The van der Waals surface area contributed by atoms with E-state index in [0.717, 1.165) is 30.3 Å². The van der Waals surface area contributed by atoms with Crippen molar-refractivity contribution in [1.82, 2.24) is 0 Å². The molecule has 0 bridgehead atoms. The van der Waals surface area contributed by atoms with Crippen molar-refractivity contribution < 1.29 is 4.74 Å². The molecule has 0 heterocycles. The molecule has 4 saturated carbocycles. The summed E-state index contributed by atoms with van der Waals surface area (Å²) in [5.74, 6) is 4.55. The molecule has 4 aliphatic rings. The summed E-state index contributed by atoms with van der Waals surface area (Å²) in [4.78, 5) is 0. The second kappa shape index (κ2) is 13.6. The topological polar surface area (TPSA) is 9.23 Å². The maximum absolute atomic E-state index is 5.97. The van der Waals surface area contributed by atoms with Crippen LogP contribution in [0.15, 0.2) is 0 Å². The third-order valence-electron chi connectivity index (χ3n) is 10.5. The first-order valence-corrected chi connectivity index (χ1v) is 18.8. The number of hydrogen-bond acceptors (Lipinski definition) is 1. The summed E-state index contributed by atoms with van der Waals surface area (Å²) in [6.07, 6.45) is 25.9. The van der Waals surface area contributed by atoms with Gasteiger partial charge in [0.05, 0.1) is 13.7 Å². The van der Waals surface area contributed by atoms with Crippen LogP contribution in [-0.2, 0) is 4.74 Å². The van der Waals surface area contributed by atoms with Crippen LogP contribution < -0.4 is 0 Å². The van der Waals surface area contributed by atoms with Crippen LogP contribution in [0.2, 0.25) is 23.7 Å². The lowest BCUT2D eigenvalue weighted by atomic mass is 9.81. The van der Waals surface area contributed by atoms with Gasteiger partial charge in [0.25, 0.3) is 0 Å². The number of hydrogen-bond donors (Lipinski definition) is 0. The van der Waals surface area contributed by atoms with Gasteiger partial charge in [0, 0.05) is 6.61 Å². The van der Waals surface area contributed by atoms with Crippen LogP contribution in [0.3, 0.4) is 0 Å². The molecule has 2 heteroatoms. The number of rotatable bonds is 9. The molecule has 4 rings (SSSR count). The summed E-state index contributed by atoms with van der Waals surface area (Å²) < 4.78 is 5.97. The van der Waals surface area contributed by atoms with Gasteiger partial charge in [-0.05, 0) is 61.9 Å². The predicted molar refractivity (Wildman–Crippen MR) is 153 cm³/mol. The molecule has 0 amide bonds. The zero-order valence-corrected chi connectivity index (χ0v) is 25.3. The van der Waals surface area contributed by atoms with Crippen LogP contribution in [0.1, 0.15) is 144 Å². The van der Waals surface area contributed by atoms with E-state index < -0.39 is 8.07 Å². The number of fused-ring (bicyclic) bond motifs is 2. The summed E-state index contributed by atoms with van der Waals surface area (Å²) in [6.45, 7) is 14.7. The van der Waals surface area contributed by atoms with Gasteiger partial charge in [-0.3, -0.25) is 0 Å². The average molecular weight is 491 g/mol. The van der Waals surface area contributed by atoms with Crippen LogP contribution in [-0.4, -0.2) is 20.3 Å². The lowest BCUT2D eigenvalue weighted by molar-refractivity contribution is -0.00471. The molecule has 0 N–H and O–H groups in total. The highest BCUT2D eigenvalue weighted by Gasteiger charge is 2.55. The maximum atomic E-state index is 5.97. The highest BCUT2D eigenvalue weighted by atomic mass is 28.3. The smallest absolute Gasteiger partial charge is 0.0598 e. The molecule has 0 aromatic carbocycles. The van der Waals surface area contributed by atoms with E-state index in [9.17, 15) is 0 Å². The van der Waals surface area contributed by atoms with E-state index in [-0.39, 0.29) is 5.60 Å². The SMILES string of the molecule is CC(C)(C)OCCCCCC[Si](C)(C1CCC2CCCCC21)C1CCC2CCCCC21.CCC. The summed E-state index contributed by atoms with van der Waals surface area (Å²) >= 11 is 0. The first-order chi connectivity index (χ1) is 16.3. The maximum Gasteiger partial charge on any atom is 0.0598 e. The minimum absolute atomic E-state index is 0.0313. The standard InChI is InChI=1S/C29H54OSi.C3H8/c1-29(2,3)30-21-11-5-6-12-22-31(4,27-19-17-23-13-7-9-15-25(23)27)28-20-18-24-14-8-10-16-26(24)28;1-3-2/h23-28H,5-22H2,1-4H3;3H2,1-2H3. The van der Waals surface area contributed by atoms with Gasteiger partial charge in [0.2, 0.25) is 0 Å². The molecule has 0 aromatic rings. The van der Waals surface area contributed by atoms with E-state index in [2.05, 4.69) is 41.2 Å². The van der Waals surface area contributed by atoms with Gasteiger partial charge in [-0.2, -0.15) is 0 Å². The molecule has 0 spiro atoms. The van der Waals surface area contributed by atoms with Crippen LogP contribution >= 0.6 is 0 Å². The van der Waals surface area contributed by atoms with Crippen molar-refractivity contribution in [3.63, 3.8) is 0 Å². The molecule has 0 aromatic heterocycles. The van der Waals surface area contributed by atoms with Crippen molar-refractivity contribution in [3.05, 3.63) is 0 Å². The van der Waals surface area contributed by atoms with Crippen LogP contribution in [0.4, 0.5) is 0 Å². The minimum atomic E-state index is -1.23. The van der Waals surface area contributed by atoms with E-state index in [1.165, 1.54) is 56.0 Å². The Bertz CT molecular complexity index is 534. The van der Waals surface area contributed by atoms with E-state index in [1.807, 2.05) is 0 Å². The molecule has 6 atom stereocenters. The van der Waals surface area contributed by atoms with Crippen molar-refractivity contribution >= 4 is 8.07 Å². The lowest BCUT2D eigenvalue weighted by Gasteiger charge is -2.47. The molecule has 1 nitrogen and oxygen atoms in total. The predicted octanol–water partition coefficient (Wildman–Crippen LogP) is 10.8. The summed E-state index contributed by atoms with van der Waals surface area (Å²) in [5.41, 5.74) is 2.41. The van der Waals surface area contributed by atoms with Gasteiger partial charge in [-0.1, -0.05) is 129 Å². The van der Waals surface area contributed by atoms with Crippen molar-refractivity contribution in [2.75, 3.05) is 6.61 Å². The van der Waals surface area contributed by atoms with Gasteiger partial charge in [0.1, 0.15) is 0 Å². The van der Waals surface area contributed by atoms with Crippen molar-refractivity contribution in [1.29, 1.82) is 0 Å². The summed E-state index contributed by atoms with van der Waals surface area (Å²) in [7, 11) is -1.23. The molecule has 4 fully saturated rings. The number of unbranched alkanes of at least 4 members (excludes halogenated alkanes) is 3. The van der Waals surface area contributed by atoms with Crippen LogP contribution in [0.25, 0.3) is 0 Å². The van der Waals surface area contributed by atoms with E-state index >= 15 is 0 Å². The Morgan fingerprint density at radius 2 is 1.12 bits per heavy atom. The fraction of sp³-hybridized carbons (Fsp3) is 1.00. The Hall–Kier alpha value is 0.177. The normalized spacial score (nSPS) is 35.1. The molecule has 34 heavy (non-hydrogen) atoms. The van der Waals surface area contributed by atoms with Crippen molar-refractivity contribution in [2.24, 2.45) is 23.7 Å². The second-order valence-corrected chi connectivity index (χ2v) is 19.1. The fourth-order valence-corrected chi connectivity index (χ4v) is 15.9. The lowest BCUT2D eigenvalue weighted by Crippen LogP contribution is -2.46. The zero-order chi connectivity index (χ0) is 24.6. The Kier molecular flexibility index (Phi) is 11.5. The fourth-order valence-electron chi connectivity index (χ4n) is 9.09. The molecule has 4 aliphatic carbocycles. The average Bonchev–Trinajstić information content (AvgIpc) is 3.43. The molecule has 0 aliphatic heterocycles. The van der Waals surface area contributed by atoms with Crippen molar-refractivity contribution in [3.8, 4) is 0 Å². The van der Waals surface area contributed by atoms with E-state index in [1.54, 1.807) is 70.3 Å². The van der Waals surface area contributed by atoms with E-state index in [4.69, 9.17) is 4.74 Å².